The van der Waals surface area contributed by atoms with Crippen LogP contribution in [-0.4, -0.2) is 11.2 Å². The fourth-order valence-corrected chi connectivity index (χ4v) is 1.72. The van der Waals surface area contributed by atoms with Crippen molar-refractivity contribution in [3.8, 4) is 0 Å². The molecule has 0 aliphatic carbocycles. The molecule has 1 aromatic carbocycles. The number of benzene rings is 1. The molecule has 0 saturated heterocycles. The topological polar surface area (TPSA) is 20.2 Å². The van der Waals surface area contributed by atoms with Crippen molar-refractivity contribution in [2.75, 3.05) is 0 Å². The normalized spacial score (nSPS) is 13.9. The first-order valence-electron chi connectivity index (χ1n) is 5.40. The molecule has 0 fully saturated rings. The molecule has 1 atom stereocenters. The van der Waals surface area contributed by atoms with Crippen LogP contribution in [0.1, 0.15) is 32.8 Å². The van der Waals surface area contributed by atoms with Crippen LogP contribution in [0.5, 0.6) is 0 Å². The van der Waals surface area contributed by atoms with Crippen LogP contribution in [0.15, 0.2) is 18.2 Å². The van der Waals surface area contributed by atoms with Crippen molar-refractivity contribution in [1.29, 1.82) is 0 Å². The fourth-order valence-electron chi connectivity index (χ4n) is 1.72. The largest absolute Gasteiger partial charge is 0.393 e. The zero-order chi connectivity index (χ0) is 12.3. The first kappa shape index (κ1) is 13.1. The predicted molar refractivity (Wildman–Crippen MR) is 60.1 cm³/mol. The molecule has 0 radical (unpaired) electrons. The SMILES string of the molecule is CC(C)(C)CC(O)Cc1ccc(F)c(F)c1. The van der Waals surface area contributed by atoms with E-state index in [1.807, 2.05) is 20.8 Å². The standard InChI is InChI=1S/C13H18F2O/c1-13(2,3)8-10(16)6-9-4-5-11(14)12(15)7-9/h4-5,7,10,16H,6,8H2,1-3H3. The van der Waals surface area contributed by atoms with Crippen molar-refractivity contribution in [2.24, 2.45) is 5.41 Å². The van der Waals surface area contributed by atoms with Gasteiger partial charge in [-0.3, -0.25) is 0 Å². The number of rotatable bonds is 3. The molecule has 0 saturated carbocycles. The fraction of sp³-hybridized carbons (Fsp3) is 0.538. The quantitative estimate of drug-likeness (QED) is 0.841. The third-order valence-electron chi connectivity index (χ3n) is 2.30. The van der Waals surface area contributed by atoms with Crippen LogP contribution >= 0.6 is 0 Å². The van der Waals surface area contributed by atoms with E-state index >= 15 is 0 Å². The highest BCUT2D eigenvalue weighted by Gasteiger charge is 2.17. The molecule has 1 N–H and O–H groups in total. The van der Waals surface area contributed by atoms with Gasteiger partial charge < -0.3 is 5.11 Å². The van der Waals surface area contributed by atoms with Crippen LogP contribution in [0.4, 0.5) is 8.78 Å². The summed E-state index contributed by atoms with van der Waals surface area (Å²) < 4.78 is 25.6. The lowest BCUT2D eigenvalue weighted by Crippen LogP contribution is -2.19. The monoisotopic (exact) mass is 228 g/mol. The Morgan fingerprint density at radius 3 is 2.31 bits per heavy atom. The smallest absolute Gasteiger partial charge is 0.159 e. The first-order valence-corrected chi connectivity index (χ1v) is 5.40. The average molecular weight is 228 g/mol. The lowest BCUT2D eigenvalue weighted by atomic mass is 9.87. The minimum atomic E-state index is -0.861. The van der Waals surface area contributed by atoms with Gasteiger partial charge in [0.25, 0.3) is 0 Å². The molecule has 0 aliphatic heterocycles. The zero-order valence-corrected chi connectivity index (χ0v) is 9.93. The minimum absolute atomic E-state index is 0.0258. The minimum Gasteiger partial charge on any atom is -0.393 e. The van der Waals surface area contributed by atoms with Crippen molar-refractivity contribution in [3.63, 3.8) is 0 Å². The highest BCUT2D eigenvalue weighted by Crippen LogP contribution is 2.22. The van der Waals surface area contributed by atoms with E-state index in [0.717, 1.165) is 12.1 Å². The summed E-state index contributed by atoms with van der Waals surface area (Å²) in [7, 11) is 0. The average Bonchev–Trinajstić information content (AvgIpc) is 2.08. The molecule has 0 aromatic heterocycles. The number of aliphatic hydroxyl groups is 1. The van der Waals surface area contributed by atoms with Gasteiger partial charge in [-0.15, -0.1) is 0 Å². The summed E-state index contributed by atoms with van der Waals surface area (Å²) in [5, 5.41) is 9.78. The molecule has 0 heterocycles. The number of hydrogen-bond acceptors (Lipinski definition) is 1. The molecular formula is C13H18F2O. The summed E-state index contributed by atoms with van der Waals surface area (Å²) in [6.07, 6.45) is 0.463. The maximum atomic E-state index is 12.9. The van der Waals surface area contributed by atoms with E-state index in [1.54, 1.807) is 0 Å². The predicted octanol–water partition coefficient (Wildman–Crippen LogP) is 3.30. The maximum absolute atomic E-state index is 12.9. The van der Waals surface area contributed by atoms with Gasteiger partial charge in [-0.2, -0.15) is 0 Å². The molecule has 1 rings (SSSR count). The number of hydrogen-bond donors (Lipinski definition) is 1. The van der Waals surface area contributed by atoms with E-state index in [-0.39, 0.29) is 5.41 Å². The van der Waals surface area contributed by atoms with Crippen LogP contribution in [0.2, 0.25) is 0 Å². The van der Waals surface area contributed by atoms with Crippen LogP contribution in [0, 0.1) is 17.0 Å². The Morgan fingerprint density at radius 1 is 1.19 bits per heavy atom. The Labute approximate surface area is 95.1 Å². The van der Waals surface area contributed by atoms with E-state index in [2.05, 4.69) is 0 Å². The number of halogens is 2. The molecule has 16 heavy (non-hydrogen) atoms. The van der Waals surface area contributed by atoms with Crippen molar-refractivity contribution in [1.82, 2.24) is 0 Å². The first-order chi connectivity index (χ1) is 7.28. The van der Waals surface area contributed by atoms with E-state index in [1.165, 1.54) is 6.07 Å². The van der Waals surface area contributed by atoms with Gasteiger partial charge in [-0.05, 0) is 36.0 Å². The molecule has 0 spiro atoms. The zero-order valence-electron chi connectivity index (χ0n) is 9.93. The van der Waals surface area contributed by atoms with Gasteiger partial charge in [0.2, 0.25) is 0 Å². The highest BCUT2D eigenvalue weighted by atomic mass is 19.2. The van der Waals surface area contributed by atoms with E-state index in [9.17, 15) is 13.9 Å². The Bertz CT molecular complexity index is 355. The molecule has 0 amide bonds. The molecule has 1 unspecified atom stereocenters. The second-order valence-electron chi connectivity index (χ2n) is 5.37. The van der Waals surface area contributed by atoms with Gasteiger partial charge in [0, 0.05) is 0 Å². The van der Waals surface area contributed by atoms with Crippen molar-refractivity contribution in [2.45, 2.75) is 39.7 Å². The second kappa shape index (κ2) is 4.91. The number of aliphatic hydroxyl groups excluding tert-OH is 1. The lowest BCUT2D eigenvalue weighted by Gasteiger charge is -2.22. The van der Waals surface area contributed by atoms with Gasteiger partial charge in [0.1, 0.15) is 0 Å². The van der Waals surface area contributed by atoms with Crippen LogP contribution < -0.4 is 0 Å². The van der Waals surface area contributed by atoms with Crippen LogP contribution in [0.25, 0.3) is 0 Å². The molecule has 3 heteroatoms. The molecule has 0 aliphatic rings. The van der Waals surface area contributed by atoms with Crippen molar-refractivity contribution >= 4 is 0 Å². The Hall–Kier alpha value is -0.960. The summed E-state index contributed by atoms with van der Waals surface area (Å²) in [6, 6.07) is 3.74. The molecular weight excluding hydrogens is 210 g/mol. The van der Waals surface area contributed by atoms with Crippen LogP contribution in [-0.2, 0) is 6.42 Å². The molecule has 1 nitrogen and oxygen atoms in total. The maximum Gasteiger partial charge on any atom is 0.159 e. The van der Waals surface area contributed by atoms with Gasteiger partial charge in [-0.1, -0.05) is 26.8 Å². The summed E-state index contributed by atoms with van der Waals surface area (Å²) in [5.74, 6) is -1.71. The third kappa shape index (κ3) is 4.27. The van der Waals surface area contributed by atoms with Gasteiger partial charge in [-0.25, -0.2) is 8.78 Å². The van der Waals surface area contributed by atoms with Gasteiger partial charge >= 0.3 is 0 Å². The Morgan fingerprint density at radius 2 is 1.81 bits per heavy atom. The molecule has 90 valence electrons. The van der Waals surface area contributed by atoms with E-state index in [0.29, 0.717) is 18.4 Å². The van der Waals surface area contributed by atoms with Gasteiger partial charge in [0.05, 0.1) is 6.10 Å². The Balaban J connectivity index is 2.63. The van der Waals surface area contributed by atoms with Crippen molar-refractivity contribution in [3.05, 3.63) is 35.4 Å². The summed E-state index contributed by atoms with van der Waals surface area (Å²) in [4.78, 5) is 0. The van der Waals surface area contributed by atoms with E-state index < -0.39 is 17.7 Å². The molecule has 1 aromatic rings. The summed E-state index contributed by atoms with van der Waals surface area (Å²) in [5.41, 5.74) is 0.647. The summed E-state index contributed by atoms with van der Waals surface area (Å²) in [6.45, 7) is 6.09. The van der Waals surface area contributed by atoms with E-state index in [4.69, 9.17) is 0 Å². The Kier molecular flexibility index (Phi) is 4.03. The summed E-state index contributed by atoms with van der Waals surface area (Å²) >= 11 is 0. The van der Waals surface area contributed by atoms with Gasteiger partial charge in [0.15, 0.2) is 11.6 Å². The third-order valence-corrected chi connectivity index (χ3v) is 2.30. The lowest BCUT2D eigenvalue weighted by molar-refractivity contribution is 0.121. The van der Waals surface area contributed by atoms with Crippen LogP contribution in [0.3, 0.4) is 0 Å². The second-order valence-corrected chi connectivity index (χ2v) is 5.37. The van der Waals surface area contributed by atoms with Crippen molar-refractivity contribution < 1.29 is 13.9 Å². The highest BCUT2D eigenvalue weighted by molar-refractivity contribution is 5.18. The molecule has 0 bridgehead atoms.